The molecule has 0 unspecified atom stereocenters. The number of rotatable bonds is 1. The highest BCUT2D eigenvalue weighted by Gasteiger charge is 2.44. The van der Waals surface area contributed by atoms with Crippen LogP contribution in [0.2, 0.25) is 0 Å². The van der Waals surface area contributed by atoms with Gasteiger partial charge in [-0.05, 0) is 28.7 Å². The zero-order chi connectivity index (χ0) is 13.7. The van der Waals surface area contributed by atoms with Gasteiger partial charge in [-0.1, -0.05) is 48.5 Å². The maximum atomic E-state index is 11.4. The summed E-state index contributed by atoms with van der Waals surface area (Å²) in [6, 6.07) is 17.1. The van der Waals surface area contributed by atoms with Crippen LogP contribution in [-0.4, -0.2) is 12.1 Å². The number of esters is 1. The van der Waals surface area contributed by atoms with E-state index in [0.29, 0.717) is 5.92 Å². The minimum Gasteiger partial charge on any atom is -0.462 e. The van der Waals surface area contributed by atoms with Crippen LogP contribution in [0, 0.1) is 0 Å². The summed E-state index contributed by atoms with van der Waals surface area (Å²) in [7, 11) is 0. The largest absolute Gasteiger partial charge is 0.462 e. The molecule has 2 heteroatoms. The molecule has 2 nitrogen and oxygen atoms in total. The minimum absolute atomic E-state index is 0.0256. The predicted octanol–water partition coefficient (Wildman–Crippen LogP) is 3.60. The molecule has 0 saturated heterocycles. The van der Waals surface area contributed by atoms with Gasteiger partial charge in [0.2, 0.25) is 0 Å². The Bertz CT molecular complexity index is 642. The van der Waals surface area contributed by atoms with Crippen LogP contribution in [0.1, 0.15) is 47.4 Å². The van der Waals surface area contributed by atoms with Crippen molar-refractivity contribution in [3.63, 3.8) is 0 Å². The van der Waals surface area contributed by atoms with Crippen LogP contribution < -0.4 is 0 Å². The van der Waals surface area contributed by atoms with Crippen molar-refractivity contribution in [2.75, 3.05) is 0 Å². The van der Waals surface area contributed by atoms with E-state index in [2.05, 4.69) is 48.5 Å². The Morgan fingerprint density at radius 2 is 1.45 bits per heavy atom. The van der Waals surface area contributed by atoms with Crippen molar-refractivity contribution in [3.8, 4) is 0 Å². The monoisotopic (exact) mass is 264 g/mol. The molecular formula is C18H16O2. The fourth-order valence-corrected chi connectivity index (χ4v) is 3.91. The number of benzene rings is 2. The third-order valence-corrected chi connectivity index (χ3v) is 4.57. The van der Waals surface area contributed by atoms with Gasteiger partial charge in [0, 0.05) is 18.8 Å². The van der Waals surface area contributed by atoms with E-state index in [1.165, 1.54) is 29.2 Å². The molecule has 0 aliphatic heterocycles. The number of carbonyl (C=O) groups is 1. The van der Waals surface area contributed by atoms with Gasteiger partial charge in [-0.3, -0.25) is 4.79 Å². The number of hydrogen-bond acceptors (Lipinski definition) is 2. The average Bonchev–Trinajstić information content (AvgIpc) is 2.47. The van der Waals surface area contributed by atoms with E-state index in [1.54, 1.807) is 0 Å². The summed E-state index contributed by atoms with van der Waals surface area (Å²) in [5, 5.41) is 0. The Kier molecular flexibility index (Phi) is 2.46. The van der Waals surface area contributed by atoms with Crippen molar-refractivity contribution in [1.82, 2.24) is 0 Å². The first-order valence-electron chi connectivity index (χ1n) is 7.10. The first-order chi connectivity index (χ1) is 9.75. The fraction of sp³-hybridized carbons (Fsp3) is 0.278. The lowest BCUT2D eigenvalue weighted by molar-refractivity contribution is -0.148. The molecule has 1 atom stereocenters. The Labute approximate surface area is 118 Å². The summed E-state index contributed by atoms with van der Waals surface area (Å²) < 4.78 is 5.60. The van der Waals surface area contributed by atoms with E-state index in [-0.39, 0.29) is 18.0 Å². The van der Waals surface area contributed by atoms with Gasteiger partial charge in [0.05, 0.1) is 0 Å². The molecule has 0 fully saturated rings. The van der Waals surface area contributed by atoms with Gasteiger partial charge in [-0.2, -0.15) is 0 Å². The second-order valence-corrected chi connectivity index (χ2v) is 5.67. The third kappa shape index (κ3) is 1.54. The molecule has 2 bridgehead atoms. The van der Waals surface area contributed by atoms with Crippen molar-refractivity contribution in [2.24, 2.45) is 0 Å². The first-order valence-corrected chi connectivity index (χ1v) is 7.10. The average molecular weight is 264 g/mol. The Morgan fingerprint density at radius 1 is 0.950 bits per heavy atom. The summed E-state index contributed by atoms with van der Waals surface area (Å²) in [5.41, 5.74) is 5.46. The fourth-order valence-electron chi connectivity index (χ4n) is 3.91. The molecule has 0 radical (unpaired) electrons. The van der Waals surface area contributed by atoms with E-state index >= 15 is 0 Å². The van der Waals surface area contributed by atoms with Gasteiger partial charge < -0.3 is 4.74 Å². The van der Waals surface area contributed by atoms with Gasteiger partial charge >= 0.3 is 5.97 Å². The van der Waals surface area contributed by atoms with E-state index in [1.807, 2.05) is 0 Å². The summed E-state index contributed by atoms with van der Waals surface area (Å²) in [6.07, 6.45) is 0.875. The first kappa shape index (κ1) is 11.7. The van der Waals surface area contributed by atoms with E-state index in [9.17, 15) is 4.79 Å². The lowest BCUT2D eigenvalue weighted by atomic mass is 9.62. The number of hydrogen-bond donors (Lipinski definition) is 0. The molecule has 3 aliphatic carbocycles. The Balaban J connectivity index is 1.91. The molecule has 0 aromatic heterocycles. The highest BCUT2D eigenvalue weighted by atomic mass is 16.5. The molecule has 2 aromatic rings. The van der Waals surface area contributed by atoms with Crippen LogP contribution in [0.4, 0.5) is 0 Å². The maximum absolute atomic E-state index is 11.4. The summed E-state index contributed by atoms with van der Waals surface area (Å²) in [6.45, 7) is 1.50. The van der Waals surface area contributed by atoms with E-state index in [0.717, 1.165) is 6.42 Å². The molecule has 100 valence electrons. The number of ether oxygens (including phenoxy) is 1. The van der Waals surface area contributed by atoms with Crippen molar-refractivity contribution in [1.29, 1.82) is 0 Å². The topological polar surface area (TPSA) is 26.3 Å². The third-order valence-electron chi connectivity index (χ3n) is 4.57. The summed E-state index contributed by atoms with van der Waals surface area (Å²) in [5.74, 6) is 0.366. The molecule has 0 amide bonds. The predicted molar refractivity (Wildman–Crippen MR) is 76.7 cm³/mol. The molecular weight excluding hydrogens is 248 g/mol. The quantitative estimate of drug-likeness (QED) is 0.736. The SMILES string of the molecule is CC(=O)O[C@H]1CC2c3ccccc3C1c1ccccc12. The Morgan fingerprint density at radius 3 is 1.95 bits per heavy atom. The van der Waals surface area contributed by atoms with Gasteiger partial charge in [0.1, 0.15) is 6.10 Å². The van der Waals surface area contributed by atoms with Crippen LogP contribution in [0.5, 0.6) is 0 Å². The second kappa shape index (κ2) is 4.20. The van der Waals surface area contributed by atoms with Crippen molar-refractivity contribution in [3.05, 3.63) is 70.8 Å². The van der Waals surface area contributed by atoms with Crippen LogP contribution in [0.15, 0.2) is 48.5 Å². The molecule has 0 spiro atoms. The van der Waals surface area contributed by atoms with Crippen LogP contribution >= 0.6 is 0 Å². The molecule has 5 rings (SSSR count). The molecule has 0 N–H and O–H groups in total. The van der Waals surface area contributed by atoms with Crippen molar-refractivity contribution in [2.45, 2.75) is 31.3 Å². The van der Waals surface area contributed by atoms with Crippen molar-refractivity contribution < 1.29 is 9.53 Å². The number of carbonyl (C=O) groups excluding carboxylic acids is 1. The lowest BCUT2D eigenvalue weighted by Gasteiger charge is -2.44. The Hall–Kier alpha value is -2.09. The molecule has 0 heterocycles. The second-order valence-electron chi connectivity index (χ2n) is 5.67. The van der Waals surface area contributed by atoms with Gasteiger partial charge in [0.15, 0.2) is 0 Å². The standard InChI is InChI=1S/C18H16O2/c1-11(19)20-17-10-16-12-6-2-4-8-14(12)18(17)15-9-5-3-7-13(15)16/h2-9,16-18H,10H2,1H3/t16?,17-,18?/m0/s1. The van der Waals surface area contributed by atoms with Crippen molar-refractivity contribution >= 4 is 5.97 Å². The van der Waals surface area contributed by atoms with Crippen LogP contribution in [-0.2, 0) is 9.53 Å². The summed E-state index contributed by atoms with van der Waals surface area (Å²) >= 11 is 0. The normalized spacial score (nSPS) is 25.8. The van der Waals surface area contributed by atoms with Gasteiger partial charge in [-0.25, -0.2) is 0 Å². The molecule has 0 saturated carbocycles. The van der Waals surface area contributed by atoms with E-state index < -0.39 is 0 Å². The highest BCUT2D eigenvalue weighted by molar-refractivity contribution is 5.67. The molecule has 3 aliphatic rings. The summed E-state index contributed by atoms with van der Waals surface area (Å²) in [4.78, 5) is 11.4. The highest BCUT2D eigenvalue weighted by Crippen LogP contribution is 2.53. The minimum atomic E-state index is -0.183. The van der Waals surface area contributed by atoms with E-state index in [4.69, 9.17) is 4.74 Å². The maximum Gasteiger partial charge on any atom is 0.302 e. The number of fused-ring (bicyclic) bond motifs is 1. The zero-order valence-electron chi connectivity index (χ0n) is 11.4. The van der Waals surface area contributed by atoms with Gasteiger partial charge in [-0.15, -0.1) is 0 Å². The smallest absolute Gasteiger partial charge is 0.302 e. The van der Waals surface area contributed by atoms with Crippen LogP contribution in [0.25, 0.3) is 0 Å². The zero-order valence-corrected chi connectivity index (χ0v) is 11.4. The molecule has 20 heavy (non-hydrogen) atoms. The molecule has 2 aromatic carbocycles. The van der Waals surface area contributed by atoms with Gasteiger partial charge in [0.25, 0.3) is 0 Å². The van der Waals surface area contributed by atoms with Crippen LogP contribution in [0.3, 0.4) is 0 Å². The lowest BCUT2D eigenvalue weighted by Crippen LogP contribution is -2.38.